The molecule has 1 aromatic heterocycles. The van der Waals surface area contributed by atoms with E-state index < -0.39 is 0 Å². The van der Waals surface area contributed by atoms with Crippen LogP contribution < -0.4 is 5.32 Å². The highest BCUT2D eigenvalue weighted by atomic mass is 16.1. The Morgan fingerprint density at radius 1 is 1.16 bits per heavy atom. The van der Waals surface area contributed by atoms with E-state index in [1.54, 1.807) is 23.3 Å². The zero-order valence-corrected chi connectivity index (χ0v) is 10.3. The standard InChI is InChI=1S/C15H13N3O/c19-15(10-18-9-8-16-11-18)17-14-7-3-5-12-4-1-2-6-13(12)14/h1-9,11H,10H2,(H,17,19). The van der Waals surface area contributed by atoms with E-state index in [4.69, 9.17) is 0 Å². The van der Waals surface area contributed by atoms with Crippen molar-refractivity contribution < 1.29 is 4.79 Å². The van der Waals surface area contributed by atoms with Gasteiger partial charge in [0.05, 0.1) is 6.33 Å². The summed E-state index contributed by atoms with van der Waals surface area (Å²) in [6.45, 7) is 0.267. The minimum atomic E-state index is -0.0608. The quantitative estimate of drug-likeness (QED) is 0.778. The van der Waals surface area contributed by atoms with E-state index in [9.17, 15) is 4.79 Å². The molecule has 2 aromatic carbocycles. The molecule has 1 N–H and O–H groups in total. The van der Waals surface area contributed by atoms with Crippen molar-refractivity contribution in [2.45, 2.75) is 6.54 Å². The van der Waals surface area contributed by atoms with Gasteiger partial charge in [0.1, 0.15) is 6.54 Å². The molecule has 0 fully saturated rings. The molecule has 1 amide bonds. The summed E-state index contributed by atoms with van der Waals surface area (Å²) >= 11 is 0. The average molecular weight is 251 g/mol. The predicted molar refractivity (Wildman–Crippen MR) is 74.8 cm³/mol. The lowest BCUT2D eigenvalue weighted by atomic mass is 10.1. The molecule has 0 aliphatic carbocycles. The number of nitrogens with one attached hydrogen (secondary N) is 1. The van der Waals surface area contributed by atoms with Crippen LogP contribution in [0.3, 0.4) is 0 Å². The zero-order chi connectivity index (χ0) is 13.1. The highest BCUT2D eigenvalue weighted by molar-refractivity contribution is 6.01. The minimum Gasteiger partial charge on any atom is -0.328 e. The van der Waals surface area contributed by atoms with Crippen LogP contribution >= 0.6 is 0 Å². The van der Waals surface area contributed by atoms with Gasteiger partial charge in [-0.05, 0) is 11.5 Å². The van der Waals surface area contributed by atoms with Crippen molar-refractivity contribution in [3.05, 3.63) is 61.2 Å². The van der Waals surface area contributed by atoms with E-state index in [1.165, 1.54) is 0 Å². The number of hydrogen-bond donors (Lipinski definition) is 1. The smallest absolute Gasteiger partial charge is 0.244 e. The summed E-state index contributed by atoms with van der Waals surface area (Å²) in [6, 6.07) is 13.9. The Kier molecular flexibility index (Phi) is 2.98. The number of imidazole rings is 1. The average Bonchev–Trinajstić information content (AvgIpc) is 2.92. The van der Waals surface area contributed by atoms with Crippen molar-refractivity contribution in [1.29, 1.82) is 0 Å². The molecule has 0 radical (unpaired) electrons. The molecule has 0 aliphatic rings. The number of hydrogen-bond acceptors (Lipinski definition) is 2. The van der Waals surface area contributed by atoms with Gasteiger partial charge in [-0.3, -0.25) is 4.79 Å². The molecular formula is C15H13N3O. The van der Waals surface area contributed by atoms with Crippen LogP contribution in [0.2, 0.25) is 0 Å². The summed E-state index contributed by atoms with van der Waals surface area (Å²) < 4.78 is 1.74. The predicted octanol–water partition coefficient (Wildman–Crippen LogP) is 2.68. The SMILES string of the molecule is O=C(Cn1ccnc1)Nc1cccc2ccccc12. The molecule has 4 nitrogen and oxygen atoms in total. The van der Waals surface area contributed by atoms with Gasteiger partial charge >= 0.3 is 0 Å². The van der Waals surface area contributed by atoms with Gasteiger partial charge in [0.2, 0.25) is 5.91 Å². The first-order valence-electron chi connectivity index (χ1n) is 6.06. The fourth-order valence-electron chi connectivity index (χ4n) is 2.07. The topological polar surface area (TPSA) is 46.9 Å². The van der Waals surface area contributed by atoms with E-state index in [-0.39, 0.29) is 12.5 Å². The monoisotopic (exact) mass is 251 g/mol. The Balaban J connectivity index is 1.83. The molecule has 0 atom stereocenters. The Bertz CT molecular complexity index is 699. The second kappa shape index (κ2) is 4.94. The van der Waals surface area contributed by atoms with Crippen molar-refractivity contribution >= 4 is 22.4 Å². The molecule has 0 unspecified atom stereocenters. The number of nitrogens with zero attached hydrogens (tertiary/aromatic N) is 2. The van der Waals surface area contributed by atoms with Crippen LogP contribution in [0.25, 0.3) is 10.8 Å². The van der Waals surface area contributed by atoms with Crippen LogP contribution in [0.4, 0.5) is 5.69 Å². The number of anilines is 1. The van der Waals surface area contributed by atoms with Gasteiger partial charge in [0.15, 0.2) is 0 Å². The van der Waals surface area contributed by atoms with Gasteiger partial charge in [0.25, 0.3) is 0 Å². The first kappa shape index (κ1) is 11.5. The third-order valence-corrected chi connectivity index (χ3v) is 2.95. The molecule has 19 heavy (non-hydrogen) atoms. The van der Waals surface area contributed by atoms with Crippen LogP contribution in [-0.2, 0) is 11.3 Å². The van der Waals surface area contributed by atoms with E-state index in [0.29, 0.717) is 0 Å². The molecule has 0 saturated heterocycles. The van der Waals surface area contributed by atoms with Crippen LogP contribution in [0, 0.1) is 0 Å². The fourth-order valence-corrected chi connectivity index (χ4v) is 2.07. The molecule has 0 saturated carbocycles. The molecule has 4 heteroatoms. The van der Waals surface area contributed by atoms with Gasteiger partial charge < -0.3 is 9.88 Å². The van der Waals surface area contributed by atoms with E-state index in [0.717, 1.165) is 16.5 Å². The zero-order valence-electron chi connectivity index (χ0n) is 10.3. The molecule has 1 heterocycles. The normalized spacial score (nSPS) is 10.5. The van der Waals surface area contributed by atoms with Crippen LogP contribution in [0.5, 0.6) is 0 Å². The molecular weight excluding hydrogens is 238 g/mol. The first-order valence-corrected chi connectivity index (χ1v) is 6.06. The van der Waals surface area contributed by atoms with Crippen molar-refractivity contribution in [2.75, 3.05) is 5.32 Å². The van der Waals surface area contributed by atoms with Crippen molar-refractivity contribution in [1.82, 2.24) is 9.55 Å². The second-order valence-corrected chi connectivity index (χ2v) is 4.31. The highest BCUT2D eigenvalue weighted by Gasteiger charge is 2.05. The van der Waals surface area contributed by atoms with E-state index >= 15 is 0 Å². The van der Waals surface area contributed by atoms with Crippen LogP contribution in [0.1, 0.15) is 0 Å². The lowest BCUT2D eigenvalue weighted by molar-refractivity contribution is -0.116. The lowest BCUT2D eigenvalue weighted by Crippen LogP contribution is -2.17. The molecule has 3 rings (SSSR count). The largest absolute Gasteiger partial charge is 0.328 e. The third kappa shape index (κ3) is 2.47. The number of fused-ring (bicyclic) bond motifs is 1. The maximum Gasteiger partial charge on any atom is 0.244 e. The summed E-state index contributed by atoms with van der Waals surface area (Å²) in [4.78, 5) is 15.9. The number of amides is 1. The molecule has 0 spiro atoms. The maximum atomic E-state index is 12.0. The van der Waals surface area contributed by atoms with E-state index in [1.807, 2.05) is 42.5 Å². The summed E-state index contributed by atoms with van der Waals surface area (Å²) in [5.74, 6) is -0.0608. The van der Waals surface area contributed by atoms with Gasteiger partial charge in [-0.1, -0.05) is 36.4 Å². The Hall–Kier alpha value is -2.62. The molecule has 0 bridgehead atoms. The molecule has 0 aliphatic heterocycles. The van der Waals surface area contributed by atoms with Gasteiger partial charge in [-0.25, -0.2) is 4.98 Å². The Labute approximate surface area is 110 Å². The number of benzene rings is 2. The van der Waals surface area contributed by atoms with Crippen LogP contribution in [-0.4, -0.2) is 15.5 Å². The second-order valence-electron chi connectivity index (χ2n) is 4.31. The third-order valence-electron chi connectivity index (χ3n) is 2.95. The molecule has 3 aromatic rings. The number of carbonyl (C=O) groups is 1. The van der Waals surface area contributed by atoms with Crippen molar-refractivity contribution in [2.24, 2.45) is 0 Å². The number of rotatable bonds is 3. The lowest BCUT2D eigenvalue weighted by Gasteiger charge is -2.09. The molecule has 94 valence electrons. The van der Waals surface area contributed by atoms with Gasteiger partial charge in [-0.2, -0.15) is 0 Å². The number of aromatic nitrogens is 2. The van der Waals surface area contributed by atoms with Gasteiger partial charge in [-0.15, -0.1) is 0 Å². The fraction of sp³-hybridized carbons (Fsp3) is 0.0667. The summed E-state index contributed by atoms with van der Waals surface area (Å²) in [7, 11) is 0. The first-order chi connectivity index (χ1) is 9.33. The van der Waals surface area contributed by atoms with Crippen LogP contribution in [0.15, 0.2) is 61.2 Å². The van der Waals surface area contributed by atoms with Crippen molar-refractivity contribution in [3.63, 3.8) is 0 Å². The summed E-state index contributed by atoms with van der Waals surface area (Å²) in [5, 5.41) is 5.09. The van der Waals surface area contributed by atoms with Crippen molar-refractivity contribution in [3.8, 4) is 0 Å². The Morgan fingerprint density at radius 2 is 2.00 bits per heavy atom. The Morgan fingerprint density at radius 3 is 2.84 bits per heavy atom. The minimum absolute atomic E-state index is 0.0608. The summed E-state index contributed by atoms with van der Waals surface area (Å²) in [5.41, 5.74) is 0.836. The summed E-state index contributed by atoms with van der Waals surface area (Å²) in [6.07, 6.45) is 5.05. The number of carbonyl (C=O) groups excluding carboxylic acids is 1. The van der Waals surface area contributed by atoms with Gasteiger partial charge in [0, 0.05) is 23.5 Å². The highest BCUT2D eigenvalue weighted by Crippen LogP contribution is 2.22. The van der Waals surface area contributed by atoms with E-state index in [2.05, 4.69) is 10.3 Å². The maximum absolute atomic E-state index is 12.0.